The lowest BCUT2D eigenvalue weighted by atomic mass is 10.0. The van der Waals surface area contributed by atoms with Crippen LogP contribution in [-0.4, -0.2) is 33.7 Å². The summed E-state index contributed by atoms with van der Waals surface area (Å²) in [5.74, 6) is 7.02. The van der Waals surface area contributed by atoms with Gasteiger partial charge in [0.15, 0.2) is 6.29 Å². The maximum Gasteiger partial charge on any atom is 0.178 e. The van der Waals surface area contributed by atoms with Gasteiger partial charge in [-0.3, -0.25) is 5.84 Å². The highest BCUT2D eigenvalue weighted by atomic mass is 16.7. The first-order chi connectivity index (χ1) is 9.73. The van der Waals surface area contributed by atoms with E-state index in [0.29, 0.717) is 24.7 Å². The molecule has 20 heavy (non-hydrogen) atoms. The molecule has 0 radical (unpaired) electrons. The first-order valence-electron chi connectivity index (χ1n) is 6.63. The van der Waals surface area contributed by atoms with E-state index in [2.05, 4.69) is 5.43 Å². The van der Waals surface area contributed by atoms with Crippen LogP contribution < -0.4 is 20.7 Å². The standard InChI is InChI=1S/C14H24N2O4/c1-5-19-14(20-6-2)13(16-15)12-10(17-3)8-7-9-11(12)18-4/h7-9,13-14,16H,5-6,15H2,1-4H3. The third-order valence-corrected chi connectivity index (χ3v) is 2.89. The highest BCUT2D eigenvalue weighted by molar-refractivity contribution is 5.47. The normalized spacial score (nSPS) is 12.5. The summed E-state index contributed by atoms with van der Waals surface area (Å²) in [6, 6.07) is 5.14. The lowest BCUT2D eigenvalue weighted by Crippen LogP contribution is -2.40. The van der Waals surface area contributed by atoms with Gasteiger partial charge in [0.25, 0.3) is 0 Å². The summed E-state index contributed by atoms with van der Waals surface area (Å²) in [5, 5.41) is 0. The van der Waals surface area contributed by atoms with E-state index in [9.17, 15) is 0 Å². The van der Waals surface area contributed by atoms with Crippen LogP contribution in [0, 0.1) is 0 Å². The predicted molar refractivity (Wildman–Crippen MR) is 76.7 cm³/mol. The molecule has 0 saturated carbocycles. The van der Waals surface area contributed by atoms with Crippen molar-refractivity contribution in [3.05, 3.63) is 23.8 Å². The monoisotopic (exact) mass is 284 g/mol. The number of ether oxygens (including phenoxy) is 4. The largest absolute Gasteiger partial charge is 0.496 e. The summed E-state index contributed by atoms with van der Waals surface area (Å²) in [6.45, 7) is 4.83. The number of methoxy groups -OCH3 is 2. The molecule has 1 aromatic carbocycles. The van der Waals surface area contributed by atoms with Crippen molar-refractivity contribution in [2.45, 2.75) is 26.2 Å². The molecule has 114 valence electrons. The van der Waals surface area contributed by atoms with Crippen LogP contribution >= 0.6 is 0 Å². The lowest BCUT2D eigenvalue weighted by Gasteiger charge is -2.28. The third kappa shape index (κ3) is 3.83. The molecule has 0 saturated heterocycles. The summed E-state index contributed by atoms with van der Waals surface area (Å²) in [5.41, 5.74) is 3.50. The Morgan fingerprint density at radius 1 is 1.05 bits per heavy atom. The molecule has 0 heterocycles. The third-order valence-electron chi connectivity index (χ3n) is 2.89. The number of nitrogens with two attached hydrogens (primary N) is 1. The molecule has 0 fully saturated rings. The van der Waals surface area contributed by atoms with E-state index < -0.39 is 12.3 Å². The van der Waals surface area contributed by atoms with Crippen molar-refractivity contribution in [2.24, 2.45) is 5.84 Å². The molecule has 6 nitrogen and oxygen atoms in total. The molecule has 0 aromatic heterocycles. The topological polar surface area (TPSA) is 75.0 Å². The van der Waals surface area contributed by atoms with Crippen LogP contribution in [0.4, 0.5) is 0 Å². The Hall–Kier alpha value is -1.34. The molecule has 0 aliphatic heterocycles. The molecular formula is C14H24N2O4. The van der Waals surface area contributed by atoms with Crippen molar-refractivity contribution in [3.63, 3.8) is 0 Å². The molecule has 3 N–H and O–H groups in total. The number of nitrogens with one attached hydrogen (secondary N) is 1. The van der Waals surface area contributed by atoms with Gasteiger partial charge in [-0.1, -0.05) is 6.07 Å². The van der Waals surface area contributed by atoms with Gasteiger partial charge in [-0.15, -0.1) is 0 Å². The molecule has 0 spiro atoms. The second-order valence-corrected chi connectivity index (χ2v) is 4.00. The quantitative estimate of drug-likeness (QED) is 0.408. The molecular weight excluding hydrogens is 260 g/mol. The molecule has 6 heteroatoms. The number of hydrazine groups is 1. The smallest absolute Gasteiger partial charge is 0.178 e. The van der Waals surface area contributed by atoms with E-state index in [-0.39, 0.29) is 0 Å². The van der Waals surface area contributed by atoms with E-state index >= 15 is 0 Å². The Morgan fingerprint density at radius 2 is 1.55 bits per heavy atom. The van der Waals surface area contributed by atoms with Crippen molar-refractivity contribution in [2.75, 3.05) is 27.4 Å². The van der Waals surface area contributed by atoms with Gasteiger partial charge in [-0.25, -0.2) is 5.43 Å². The minimum Gasteiger partial charge on any atom is -0.496 e. The number of rotatable bonds is 9. The predicted octanol–water partition coefficient (Wildman–Crippen LogP) is 1.61. The van der Waals surface area contributed by atoms with Crippen molar-refractivity contribution < 1.29 is 18.9 Å². The molecule has 1 atom stereocenters. The molecule has 0 bridgehead atoms. The van der Waals surface area contributed by atoms with Crippen LogP contribution in [0.5, 0.6) is 11.5 Å². The van der Waals surface area contributed by atoms with Crippen molar-refractivity contribution >= 4 is 0 Å². The van der Waals surface area contributed by atoms with Gasteiger partial charge in [0.05, 0.1) is 19.8 Å². The van der Waals surface area contributed by atoms with Gasteiger partial charge >= 0.3 is 0 Å². The average molecular weight is 284 g/mol. The van der Waals surface area contributed by atoms with Gasteiger partial charge < -0.3 is 18.9 Å². The van der Waals surface area contributed by atoms with Crippen LogP contribution in [0.15, 0.2) is 18.2 Å². The Labute approximate surface area is 120 Å². The molecule has 0 aliphatic rings. The van der Waals surface area contributed by atoms with Gasteiger partial charge in [0.2, 0.25) is 0 Å². The van der Waals surface area contributed by atoms with E-state index in [0.717, 1.165) is 5.56 Å². The van der Waals surface area contributed by atoms with Crippen molar-refractivity contribution in [3.8, 4) is 11.5 Å². The first kappa shape index (κ1) is 16.7. The zero-order valence-electron chi connectivity index (χ0n) is 12.5. The summed E-state index contributed by atoms with van der Waals surface area (Å²) in [4.78, 5) is 0. The summed E-state index contributed by atoms with van der Waals surface area (Å²) in [7, 11) is 3.20. The maximum atomic E-state index is 5.69. The van der Waals surface area contributed by atoms with Crippen LogP contribution in [0.2, 0.25) is 0 Å². The van der Waals surface area contributed by atoms with Crippen molar-refractivity contribution in [1.82, 2.24) is 5.43 Å². The van der Waals surface area contributed by atoms with Crippen molar-refractivity contribution in [1.29, 1.82) is 0 Å². The van der Waals surface area contributed by atoms with Gasteiger partial charge in [-0.05, 0) is 26.0 Å². The average Bonchev–Trinajstić information content (AvgIpc) is 2.48. The summed E-state index contributed by atoms with van der Waals surface area (Å²) in [6.07, 6.45) is -0.528. The fourth-order valence-corrected chi connectivity index (χ4v) is 2.05. The van der Waals surface area contributed by atoms with E-state index in [4.69, 9.17) is 24.8 Å². The van der Waals surface area contributed by atoms with E-state index in [1.165, 1.54) is 0 Å². The van der Waals surface area contributed by atoms with Gasteiger partial charge in [0.1, 0.15) is 17.5 Å². The maximum absolute atomic E-state index is 5.69. The minimum absolute atomic E-state index is 0.402. The second kappa shape index (κ2) is 8.76. The van der Waals surface area contributed by atoms with Gasteiger partial charge in [0, 0.05) is 13.2 Å². The van der Waals surface area contributed by atoms with Crippen LogP contribution in [0.1, 0.15) is 25.5 Å². The molecule has 1 rings (SSSR count). The highest BCUT2D eigenvalue weighted by Gasteiger charge is 2.29. The number of benzene rings is 1. The minimum atomic E-state index is -0.528. The molecule has 1 aromatic rings. The summed E-state index contributed by atoms with van der Waals surface area (Å²) < 4.78 is 22.0. The fourth-order valence-electron chi connectivity index (χ4n) is 2.05. The number of hydrogen-bond acceptors (Lipinski definition) is 6. The number of hydrogen-bond donors (Lipinski definition) is 2. The molecule has 1 unspecified atom stereocenters. The summed E-state index contributed by atoms with van der Waals surface area (Å²) >= 11 is 0. The highest BCUT2D eigenvalue weighted by Crippen LogP contribution is 2.36. The first-order valence-corrected chi connectivity index (χ1v) is 6.63. The molecule has 0 amide bonds. The Bertz CT molecular complexity index is 373. The zero-order valence-corrected chi connectivity index (χ0v) is 12.5. The lowest BCUT2D eigenvalue weighted by molar-refractivity contribution is -0.155. The zero-order chi connectivity index (χ0) is 15.0. The Kier molecular flexibility index (Phi) is 7.32. The van der Waals surface area contributed by atoms with Crippen LogP contribution in [-0.2, 0) is 9.47 Å². The van der Waals surface area contributed by atoms with E-state index in [1.54, 1.807) is 14.2 Å². The van der Waals surface area contributed by atoms with E-state index in [1.807, 2.05) is 32.0 Å². The Morgan fingerprint density at radius 3 is 1.90 bits per heavy atom. The molecule has 0 aliphatic carbocycles. The SMILES string of the molecule is CCOC(OCC)C(NN)c1c(OC)cccc1OC. The van der Waals surface area contributed by atoms with Gasteiger partial charge in [-0.2, -0.15) is 0 Å². The fraction of sp³-hybridized carbons (Fsp3) is 0.571. The second-order valence-electron chi connectivity index (χ2n) is 4.00. The van der Waals surface area contributed by atoms with Crippen LogP contribution in [0.3, 0.4) is 0 Å². The Balaban J connectivity index is 3.20. The van der Waals surface area contributed by atoms with Crippen LogP contribution in [0.25, 0.3) is 0 Å².